The minimum atomic E-state index is -1.93. The number of aryl methyl sites for hydroxylation is 2. The van der Waals surface area contributed by atoms with Crippen molar-refractivity contribution in [2.75, 3.05) is 0 Å². The van der Waals surface area contributed by atoms with Gasteiger partial charge in [-0.2, -0.15) is 0 Å². The Morgan fingerprint density at radius 1 is 0.793 bits per heavy atom. The number of hydrogen-bond donors (Lipinski definition) is 2. The van der Waals surface area contributed by atoms with Crippen molar-refractivity contribution in [1.82, 2.24) is 6.15 Å². The third-order valence-corrected chi connectivity index (χ3v) is 5.19. The maximum absolute atomic E-state index is 13.0. The molecule has 0 saturated carbocycles. The molecule has 5 nitrogen and oxygen atoms in total. The van der Waals surface area contributed by atoms with Crippen LogP contribution >= 0.6 is 0 Å². The maximum Gasteiger partial charge on any atom is 0.324 e. The molecule has 4 N–H and O–H groups in total. The molecule has 0 heterocycles. The average molecular weight is 398 g/mol. The van der Waals surface area contributed by atoms with Gasteiger partial charge < -0.3 is 11.3 Å². The van der Waals surface area contributed by atoms with Crippen molar-refractivity contribution in [2.24, 2.45) is 5.41 Å². The van der Waals surface area contributed by atoms with E-state index in [1.54, 1.807) is 0 Å². The highest BCUT2D eigenvalue weighted by Gasteiger charge is 2.50. The predicted octanol–water partition coefficient (Wildman–Crippen LogP) is 4.81. The molecule has 5 heteroatoms. The van der Waals surface area contributed by atoms with Crippen molar-refractivity contribution in [3.05, 3.63) is 71.8 Å². The zero-order valence-corrected chi connectivity index (χ0v) is 17.1. The normalized spacial score (nSPS) is 10.8. The van der Waals surface area contributed by atoms with E-state index in [0.717, 1.165) is 17.5 Å². The lowest BCUT2D eigenvalue weighted by molar-refractivity contribution is -0.160. The summed E-state index contributed by atoms with van der Waals surface area (Å²) in [5.74, 6) is -2.26. The van der Waals surface area contributed by atoms with Crippen molar-refractivity contribution in [1.29, 1.82) is 0 Å². The van der Waals surface area contributed by atoms with Gasteiger partial charge in [-0.3, -0.25) is 14.4 Å². The predicted molar refractivity (Wildman–Crippen MR) is 114 cm³/mol. The second-order valence-electron chi connectivity index (χ2n) is 7.13. The quantitative estimate of drug-likeness (QED) is 0.500. The van der Waals surface area contributed by atoms with Crippen LogP contribution in [0, 0.1) is 5.41 Å². The van der Waals surface area contributed by atoms with Crippen LogP contribution in [0.3, 0.4) is 0 Å². The number of rotatable bonds is 12. The van der Waals surface area contributed by atoms with Crippen molar-refractivity contribution in [3.63, 3.8) is 0 Å². The Kier molecular flexibility index (Phi) is 9.97. The van der Waals surface area contributed by atoms with Gasteiger partial charge in [0.2, 0.25) is 0 Å². The van der Waals surface area contributed by atoms with Gasteiger partial charge in [-0.15, -0.1) is 0 Å². The fraction of sp³-hybridized carbons (Fsp3) is 0.375. The van der Waals surface area contributed by atoms with Crippen molar-refractivity contribution in [2.45, 2.75) is 51.9 Å². The molecule has 2 aromatic carbocycles. The SMILES string of the molecule is CCCCC(C(=O)O)(C(=O)CCc1ccccc1)C(=O)CCc1ccccc1.N. The van der Waals surface area contributed by atoms with Gasteiger partial charge >= 0.3 is 5.97 Å². The monoisotopic (exact) mass is 397 g/mol. The standard InChI is InChI=1S/C24H28O4.H3N/c1-2-3-18-24(23(27)28,21(25)16-14-19-10-6-4-7-11-19)22(26)17-15-20-12-8-5-9-13-20;/h4-13H,2-3,14-18H2,1H3,(H,27,28);1H3. The summed E-state index contributed by atoms with van der Waals surface area (Å²) >= 11 is 0. The molecule has 0 saturated heterocycles. The number of aliphatic carboxylic acids is 1. The fourth-order valence-electron chi connectivity index (χ4n) is 3.45. The first kappa shape index (κ1) is 24.2. The third-order valence-electron chi connectivity index (χ3n) is 5.19. The van der Waals surface area contributed by atoms with Gasteiger partial charge in [0.05, 0.1) is 0 Å². The molecule has 2 aromatic rings. The van der Waals surface area contributed by atoms with Crippen molar-refractivity contribution < 1.29 is 19.5 Å². The number of carbonyl (C=O) groups excluding carboxylic acids is 2. The molecular weight excluding hydrogens is 366 g/mol. The Bertz CT molecular complexity index is 732. The van der Waals surface area contributed by atoms with Crippen molar-refractivity contribution >= 4 is 17.5 Å². The summed E-state index contributed by atoms with van der Waals surface area (Å²) in [6.45, 7) is 1.93. The molecule has 0 aliphatic carbocycles. The lowest BCUT2D eigenvalue weighted by Crippen LogP contribution is -2.46. The first-order valence-corrected chi connectivity index (χ1v) is 9.88. The highest BCUT2D eigenvalue weighted by molar-refractivity contribution is 6.21. The van der Waals surface area contributed by atoms with Crippen LogP contribution in [0.15, 0.2) is 60.7 Å². The highest BCUT2D eigenvalue weighted by atomic mass is 16.4. The van der Waals surface area contributed by atoms with E-state index in [1.807, 2.05) is 67.6 Å². The second kappa shape index (κ2) is 11.9. The van der Waals surface area contributed by atoms with Gasteiger partial charge in [-0.05, 0) is 30.4 Å². The molecule has 0 amide bonds. The largest absolute Gasteiger partial charge is 0.480 e. The minimum Gasteiger partial charge on any atom is -0.480 e. The summed E-state index contributed by atoms with van der Waals surface area (Å²) in [5.41, 5.74) is -0.00994. The van der Waals surface area contributed by atoms with E-state index in [-0.39, 0.29) is 25.4 Å². The number of carboxylic acid groups (broad SMARTS) is 1. The number of benzene rings is 2. The zero-order chi connectivity index (χ0) is 20.4. The van der Waals surface area contributed by atoms with Crippen LogP contribution in [0.25, 0.3) is 0 Å². The summed E-state index contributed by atoms with van der Waals surface area (Å²) in [6, 6.07) is 18.9. The summed E-state index contributed by atoms with van der Waals surface area (Å²) in [7, 11) is 0. The highest BCUT2D eigenvalue weighted by Crippen LogP contribution is 2.32. The summed E-state index contributed by atoms with van der Waals surface area (Å²) < 4.78 is 0. The van der Waals surface area contributed by atoms with E-state index in [0.29, 0.717) is 19.3 Å². The maximum atomic E-state index is 13.0. The molecule has 0 unspecified atom stereocenters. The van der Waals surface area contributed by atoms with Crippen LogP contribution in [-0.2, 0) is 27.2 Å². The third kappa shape index (κ3) is 6.36. The molecule has 0 aromatic heterocycles. The minimum absolute atomic E-state index is 0. The van der Waals surface area contributed by atoms with Crippen LogP contribution in [0.5, 0.6) is 0 Å². The lowest BCUT2D eigenvalue weighted by atomic mass is 9.72. The first-order valence-electron chi connectivity index (χ1n) is 9.88. The van der Waals surface area contributed by atoms with Gasteiger partial charge in [0.25, 0.3) is 0 Å². The molecule has 0 atom stereocenters. The Hall–Kier alpha value is -2.79. The summed E-state index contributed by atoms with van der Waals surface area (Å²) in [5, 5.41) is 9.94. The molecule has 156 valence electrons. The van der Waals surface area contributed by atoms with E-state index in [4.69, 9.17) is 0 Å². The smallest absolute Gasteiger partial charge is 0.324 e. The number of hydrogen-bond acceptors (Lipinski definition) is 4. The van der Waals surface area contributed by atoms with E-state index in [9.17, 15) is 19.5 Å². The van der Waals surface area contributed by atoms with Gasteiger partial charge in [0.15, 0.2) is 17.0 Å². The van der Waals surface area contributed by atoms with Gasteiger partial charge in [-0.1, -0.05) is 80.4 Å². The zero-order valence-electron chi connectivity index (χ0n) is 17.1. The first-order chi connectivity index (χ1) is 13.5. The number of carbonyl (C=O) groups is 3. The van der Waals surface area contributed by atoms with Crippen LogP contribution in [0.1, 0.15) is 50.2 Å². The van der Waals surface area contributed by atoms with Crippen LogP contribution in [-0.4, -0.2) is 22.6 Å². The molecule has 0 aliphatic rings. The molecular formula is C24H31NO4. The summed E-state index contributed by atoms with van der Waals surface area (Å²) in [4.78, 5) is 38.3. The molecule has 29 heavy (non-hydrogen) atoms. The summed E-state index contributed by atoms with van der Waals surface area (Å²) in [6.07, 6.45) is 2.31. The fourth-order valence-corrected chi connectivity index (χ4v) is 3.45. The molecule has 0 radical (unpaired) electrons. The molecule has 2 rings (SSSR count). The van der Waals surface area contributed by atoms with E-state index >= 15 is 0 Å². The average Bonchev–Trinajstić information content (AvgIpc) is 2.72. The molecule has 0 aliphatic heterocycles. The Morgan fingerprint density at radius 2 is 1.21 bits per heavy atom. The lowest BCUT2D eigenvalue weighted by Gasteiger charge is -2.27. The Morgan fingerprint density at radius 3 is 1.55 bits per heavy atom. The second-order valence-corrected chi connectivity index (χ2v) is 7.13. The Labute approximate surface area is 172 Å². The number of unbranched alkanes of at least 4 members (excludes halogenated alkanes) is 1. The van der Waals surface area contributed by atoms with Crippen LogP contribution in [0.2, 0.25) is 0 Å². The van der Waals surface area contributed by atoms with Gasteiger partial charge in [-0.25, -0.2) is 0 Å². The van der Waals surface area contributed by atoms with Gasteiger partial charge in [0, 0.05) is 12.8 Å². The van der Waals surface area contributed by atoms with E-state index in [2.05, 4.69) is 0 Å². The molecule has 0 fully saturated rings. The Balaban J connectivity index is 0.00000420. The van der Waals surface area contributed by atoms with E-state index in [1.165, 1.54) is 0 Å². The number of Topliss-reactive ketones (excluding diaryl/α,β-unsaturated/α-hetero) is 2. The van der Waals surface area contributed by atoms with Gasteiger partial charge in [0.1, 0.15) is 0 Å². The number of carboxylic acids is 1. The van der Waals surface area contributed by atoms with Crippen LogP contribution < -0.4 is 6.15 Å². The van der Waals surface area contributed by atoms with Crippen molar-refractivity contribution in [3.8, 4) is 0 Å². The van der Waals surface area contributed by atoms with Crippen LogP contribution in [0.4, 0.5) is 0 Å². The molecule has 0 spiro atoms. The van der Waals surface area contributed by atoms with E-state index < -0.39 is 23.0 Å². The number of ketones is 2. The molecule has 0 bridgehead atoms. The topological polar surface area (TPSA) is 106 Å².